The van der Waals surface area contributed by atoms with Crippen molar-refractivity contribution in [2.75, 3.05) is 31.9 Å². The molecule has 0 spiro atoms. The van der Waals surface area contributed by atoms with E-state index in [2.05, 4.69) is 103 Å². The predicted molar refractivity (Wildman–Crippen MR) is 454 cm³/mol. The number of unbranched alkanes of at least 4 members (excludes halogenated alkanes) is 2. The van der Waals surface area contributed by atoms with E-state index in [1.54, 1.807) is 55.4 Å². The number of amides is 22. The molecule has 46 nitrogen and oxygen atoms in total. The molecule has 0 aromatic rings. The molecule has 0 bridgehead atoms. The van der Waals surface area contributed by atoms with Crippen LogP contribution in [0.15, 0.2) is 0 Å². The average molecular weight is 1780 g/mol. The number of primary amides is 5. The number of thiol groups is 1. The van der Waals surface area contributed by atoms with Gasteiger partial charge in [-0.2, -0.15) is 12.6 Å². The van der Waals surface area contributed by atoms with Gasteiger partial charge in [0.25, 0.3) is 0 Å². The minimum absolute atomic E-state index is 0.0537. The molecule has 22 amide bonds. The summed E-state index contributed by atoms with van der Waals surface area (Å²) in [5.41, 5.74) is 38.6. The number of nitrogens with one attached hydrogen (secondary N) is 17. The van der Waals surface area contributed by atoms with Crippen LogP contribution in [0.1, 0.15) is 206 Å². The standard InChI is InChI=1S/C77H136N24O22S/c1-37(2)30-52(74(120)89-41(9)64(110)86-34-61(107)85-35-62(108)91-56(36-124)63(84)109)100-72(118)50(22-26-59(82)105)94-68(114)46(18-14-16-28-78)93-71(117)49(21-25-58(81)104)97-77(123)55(33-40(7)8)99-67(113)44(12)88-65(111)43(11)90-75(121)53(31-38(3)4)101-73(119)51(23-27-60(83)106)95-69(115)47(19-15-17-29-79)92-70(116)48(20-24-57(80)103)96-76(122)54(32-39(5)6)98-66(112)42(10)87-45(13)102/h37-44,46-56,124H,14-36,78-79H2,1-13H3,(H2,80,103)(H2,81,104)(H2,82,105)(H2,83,106)(H2,84,109)(H,85,107)(H,86,110)(H,87,102)(H,88,111)(H,89,120)(H,90,121)(H,91,108)(H,92,116)(H,93,117)(H,94,114)(H,95,115)(H,96,122)(H,97,123)(H,98,112)(H,99,113)(H,100,118)(H,101,119)/t41-,42-,43-,44-,46-,47-,48-,49-,50-,51-,52-,53-,54-,55-,56-/m0/s1. The number of carbonyl (C=O) groups is 22. The van der Waals surface area contributed by atoms with Crippen molar-refractivity contribution in [1.82, 2.24) is 90.4 Å². The fraction of sp³-hybridized carbons (Fsp3) is 0.714. The average Bonchev–Trinajstić information content (AvgIpc) is 0.857. The Hall–Kier alpha value is -11.4. The number of carbonyl (C=O) groups excluding carboxylic acids is 22. The summed E-state index contributed by atoms with van der Waals surface area (Å²) in [6.45, 7) is 19.0. The maximum atomic E-state index is 14.4. The van der Waals surface area contributed by atoms with E-state index in [0.717, 1.165) is 0 Å². The van der Waals surface area contributed by atoms with E-state index in [9.17, 15) is 105 Å². The Kier molecular flexibility index (Phi) is 54.0. The molecule has 0 aromatic carbocycles. The van der Waals surface area contributed by atoms with Crippen LogP contribution in [0.4, 0.5) is 0 Å². The second kappa shape index (κ2) is 59.4. The van der Waals surface area contributed by atoms with Gasteiger partial charge in [0.15, 0.2) is 0 Å². The minimum Gasteiger partial charge on any atom is -0.370 e. The molecule has 15 atom stereocenters. The first-order chi connectivity index (χ1) is 57.9. The lowest BCUT2D eigenvalue weighted by Crippen LogP contribution is -2.60. The summed E-state index contributed by atoms with van der Waals surface area (Å²) >= 11 is 3.93. The van der Waals surface area contributed by atoms with Crippen LogP contribution >= 0.6 is 12.6 Å². The van der Waals surface area contributed by atoms with E-state index >= 15 is 0 Å². The summed E-state index contributed by atoms with van der Waals surface area (Å²) in [4.78, 5) is 293. The summed E-state index contributed by atoms with van der Waals surface area (Å²) in [5, 5.41) is 41.9. The molecule has 0 unspecified atom stereocenters. The molecule has 702 valence electrons. The molecule has 31 N–H and O–H groups in total. The molecule has 124 heavy (non-hydrogen) atoms. The lowest BCUT2D eigenvalue weighted by atomic mass is 10.0. The van der Waals surface area contributed by atoms with Gasteiger partial charge >= 0.3 is 0 Å². The third-order valence-electron chi connectivity index (χ3n) is 18.6. The highest BCUT2D eigenvalue weighted by Crippen LogP contribution is 2.16. The van der Waals surface area contributed by atoms with Gasteiger partial charge in [-0.05, 0) is 154 Å². The summed E-state index contributed by atoms with van der Waals surface area (Å²) < 4.78 is 0. The largest absolute Gasteiger partial charge is 0.370 e. The summed E-state index contributed by atoms with van der Waals surface area (Å²) in [7, 11) is 0. The Labute approximate surface area is 727 Å². The van der Waals surface area contributed by atoms with E-state index in [0.29, 0.717) is 12.8 Å². The zero-order valence-electron chi connectivity index (χ0n) is 73.2. The number of nitrogens with two attached hydrogens (primary N) is 7. The Bertz CT molecular complexity index is 3670. The minimum atomic E-state index is -1.67. The van der Waals surface area contributed by atoms with Crippen molar-refractivity contribution < 1.29 is 105 Å². The van der Waals surface area contributed by atoms with E-state index in [-0.39, 0.29) is 100 Å². The van der Waals surface area contributed by atoms with Crippen LogP contribution in [-0.4, -0.2) is 253 Å². The summed E-state index contributed by atoms with van der Waals surface area (Å²) in [6, 6.07) is -21.6. The van der Waals surface area contributed by atoms with Crippen LogP contribution in [0.2, 0.25) is 0 Å². The Balaban J connectivity index is 6.88. The van der Waals surface area contributed by atoms with Crippen molar-refractivity contribution in [3.05, 3.63) is 0 Å². The number of hydrogen-bond acceptors (Lipinski definition) is 25. The van der Waals surface area contributed by atoms with E-state index in [1.165, 1.54) is 34.6 Å². The van der Waals surface area contributed by atoms with Gasteiger partial charge in [-0.3, -0.25) is 105 Å². The molecule has 0 saturated carbocycles. The van der Waals surface area contributed by atoms with Gasteiger partial charge in [-0.1, -0.05) is 55.4 Å². The zero-order chi connectivity index (χ0) is 95.0. The Morgan fingerprint density at radius 2 is 0.476 bits per heavy atom. The van der Waals surface area contributed by atoms with Gasteiger partial charge in [0, 0.05) is 38.4 Å². The fourth-order valence-corrected chi connectivity index (χ4v) is 12.1. The van der Waals surface area contributed by atoms with E-state index < -0.39 is 279 Å². The second-order valence-corrected chi connectivity index (χ2v) is 32.4. The van der Waals surface area contributed by atoms with E-state index in [4.69, 9.17) is 40.1 Å². The lowest BCUT2D eigenvalue weighted by molar-refractivity contribution is -0.136. The van der Waals surface area contributed by atoms with Crippen molar-refractivity contribution >= 4 is 143 Å². The lowest BCUT2D eigenvalue weighted by Gasteiger charge is -2.28. The maximum Gasteiger partial charge on any atom is 0.243 e. The van der Waals surface area contributed by atoms with Crippen LogP contribution in [0, 0.1) is 23.7 Å². The Morgan fingerprint density at radius 1 is 0.250 bits per heavy atom. The monoisotopic (exact) mass is 1780 g/mol. The van der Waals surface area contributed by atoms with Crippen molar-refractivity contribution in [2.45, 2.75) is 296 Å². The molecular formula is C77H136N24O22S. The zero-order valence-corrected chi connectivity index (χ0v) is 74.1. The predicted octanol–water partition coefficient (Wildman–Crippen LogP) is -8.49. The van der Waals surface area contributed by atoms with Gasteiger partial charge < -0.3 is 131 Å². The van der Waals surface area contributed by atoms with Crippen molar-refractivity contribution in [3.8, 4) is 0 Å². The molecule has 47 heteroatoms. The quantitative estimate of drug-likeness (QED) is 0.0199. The molecule has 0 aliphatic rings. The van der Waals surface area contributed by atoms with Crippen molar-refractivity contribution in [2.24, 2.45) is 63.8 Å². The first-order valence-corrected chi connectivity index (χ1v) is 42.0. The van der Waals surface area contributed by atoms with Gasteiger partial charge in [0.05, 0.1) is 13.1 Å². The molecule has 0 fully saturated rings. The smallest absolute Gasteiger partial charge is 0.243 e. The fourth-order valence-electron chi connectivity index (χ4n) is 11.9. The molecule has 0 radical (unpaired) electrons. The third-order valence-corrected chi connectivity index (χ3v) is 18.9. The van der Waals surface area contributed by atoms with Crippen LogP contribution in [0.5, 0.6) is 0 Å². The molecule has 0 aliphatic heterocycles. The second-order valence-electron chi connectivity index (χ2n) is 32.0. The third kappa shape index (κ3) is 47.9. The molecule has 0 aromatic heterocycles. The Morgan fingerprint density at radius 3 is 0.734 bits per heavy atom. The highest BCUT2D eigenvalue weighted by atomic mass is 32.1. The first-order valence-electron chi connectivity index (χ1n) is 41.4. The van der Waals surface area contributed by atoms with Crippen LogP contribution < -0.4 is 131 Å². The highest BCUT2D eigenvalue weighted by molar-refractivity contribution is 7.80. The van der Waals surface area contributed by atoms with Gasteiger partial charge in [0.2, 0.25) is 130 Å². The number of rotatable bonds is 63. The normalized spacial score (nSPS) is 14.7. The highest BCUT2D eigenvalue weighted by Gasteiger charge is 2.38. The topological polar surface area (TPSA) is 762 Å². The first kappa shape index (κ1) is 113. The van der Waals surface area contributed by atoms with Gasteiger partial charge in [0.1, 0.15) is 90.6 Å². The molecule has 0 saturated heterocycles. The van der Waals surface area contributed by atoms with Crippen molar-refractivity contribution in [1.29, 1.82) is 0 Å². The SMILES string of the molecule is CC(=O)N[C@@H](C)C(=O)N[C@@H](CC(C)C)C(=O)N[C@@H](CCC(N)=O)C(=O)N[C@@H](CCCCN)C(=O)N[C@@H](CCC(N)=O)C(=O)N[C@@H](CC(C)C)C(=O)N[C@@H](C)C(=O)N[C@@H](C)C(=O)N[C@@H](CC(C)C)C(=O)N[C@@H](CCC(N)=O)C(=O)N[C@@H](CCCCN)C(=O)N[C@@H](CCC(N)=O)C(=O)N[C@@H](CC(C)C)C(=O)N[C@@H](C)C(=O)NCC(=O)NCC(=O)N[C@@H](CS)C(N)=O. The van der Waals surface area contributed by atoms with Crippen LogP contribution in [0.3, 0.4) is 0 Å². The van der Waals surface area contributed by atoms with Crippen molar-refractivity contribution in [3.63, 3.8) is 0 Å². The molecule has 0 heterocycles. The molecule has 0 aliphatic carbocycles. The van der Waals surface area contributed by atoms with Crippen LogP contribution in [0.25, 0.3) is 0 Å². The molecule has 0 rings (SSSR count). The van der Waals surface area contributed by atoms with E-state index in [1.807, 2.05) is 0 Å². The van der Waals surface area contributed by atoms with Crippen LogP contribution in [-0.2, 0) is 105 Å². The summed E-state index contributed by atoms with van der Waals surface area (Å²) in [6.07, 6.45) is -3.17. The summed E-state index contributed by atoms with van der Waals surface area (Å²) in [5.74, 6) is -21.2. The molecular weight excluding hydrogens is 1650 g/mol. The number of hydrogen-bond donors (Lipinski definition) is 25. The maximum absolute atomic E-state index is 14.4. The van der Waals surface area contributed by atoms with Gasteiger partial charge in [-0.15, -0.1) is 0 Å². The van der Waals surface area contributed by atoms with Gasteiger partial charge in [-0.25, -0.2) is 0 Å².